The molecule has 1 fully saturated rings. The summed E-state index contributed by atoms with van der Waals surface area (Å²) in [5.41, 5.74) is 2.12. The van der Waals surface area contributed by atoms with E-state index in [4.69, 9.17) is 6.42 Å². The smallest absolute Gasteiger partial charge is 0.207 e. The molecular weight excluding hydrogens is 294 g/mol. The van der Waals surface area contributed by atoms with E-state index in [0.29, 0.717) is 11.3 Å². The molecule has 3 nitrogen and oxygen atoms in total. The molecule has 1 aliphatic heterocycles. The van der Waals surface area contributed by atoms with Crippen LogP contribution < -0.4 is 0 Å². The minimum absolute atomic E-state index is 0.154. The quantitative estimate of drug-likeness (QED) is 0.643. The first-order valence-corrected chi connectivity index (χ1v) is 8.58. The first-order valence-electron chi connectivity index (χ1n) is 7.14. The lowest BCUT2D eigenvalue weighted by atomic mass is 10.1. The lowest BCUT2D eigenvalue weighted by Gasteiger charge is -2.06. The van der Waals surface area contributed by atoms with Crippen LogP contribution in [0.1, 0.15) is 11.1 Å². The van der Waals surface area contributed by atoms with Gasteiger partial charge in [-0.25, -0.2) is 8.42 Å². The first-order chi connectivity index (χ1) is 10.5. The van der Waals surface area contributed by atoms with Crippen LogP contribution in [0.5, 0.6) is 0 Å². The van der Waals surface area contributed by atoms with Crippen molar-refractivity contribution in [3.63, 3.8) is 0 Å². The fourth-order valence-electron chi connectivity index (χ4n) is 2.66. The second kappa shape index (κ2) is 5.60. The van der Waals surface area contributed by atoms with Gasteiger partial charge in [0.05, 0.1) is 10.9 Å². The van der Waals surface area contributed by atoms with E-state index in [1.54, 1.807) is 24.3 Å². The van der Waals surface area contributed by atoms with E-state index in [1.165, 1.54) is 4.31 Å². The molecular formula is C18H17NO2S. The Morgan fingerprint density at radius 1 is 1.09 bits per heavy atom. The van der Waals surface area contributed by atoms with E-state index in [0.717, 1.165) is 11.1 Å². The fraction of sp³-hybridized carbons (Fsp3) is 0.222. The maximum Gasteiger partial charge on any atom is 0.244 e. The van der Waals surface area contributed by atoms with E-state index in [9.17, 15) is 8.42 Å². The average molecular weight is 311 g/mol. The van der Waals surface area contributed by atoms with Crippen molar-refractivity contribution in [1.29, 1.82) is 0 Å². The largest absolute Gasteiger partial charge is 0.244 e. The molecule has 112 valence electrons. The van der Waals surface area contributed by atoms with Gasteiger partial charge in [0, 0.05) is 0 Å². The summed E-state index contributed by atoms with van der Waals surface area (Å²) >= 11 is 0. The standard InChI is InChI=1S/C18H17NO2S/c1-3-17-18(13-15-7-5-4-6-8-15)19(17)22(20,21)16-11-9-14(2)10-12-16/h1,4-12,17-18H,13H2,2H3/t17-,18-,19?/m1/s1. The van der Waals surface area contributed by atoms with E-state index in [2.05, 4.69) is 5.92 Å². The van der Waals surface area contributed by atoms with Gasteiger partial charge in [-0.3, -0.25) is 0 Å². The van der Waals surface area contributed by atoms with Crippen molar-refractivity contribution in [3.8, 4) is 12.3 Å². The van der Waals surface area contributed by atoms with Crippen molar-refractivity contribution in [1.82, 2.24) is 4.31 Å². The van der Waals surface area contributed by atoms with Crippen LogP contribution >= 0.6 is 0 Å². The second-order valence-corrected chi connectivity index (χ2v) is 7.36. The number of hydrogen-bond donors (Lipinski definition) is 0. The summed E-state index contributed by atoms with van der Waals surface area (Å²) in [5, 5.41) is 0. The number of hydrogen-bond acceptors (Lipinski definition) is 2. The van der Waals surface area contributed by atoms with Gasteiger partial charge in [-0.15, -0.1) is 6.42 Å². The SMILES string of the molecule is C#C[C@@H]1[C@@H](Cc2ccccc2)N1S(=O)(=O)c1ccc(C)cc1. The monoisotopic (exact) mass is 311 g/mol. The molecule has 1 aliphatic rings. The van der Waals surface area contributed by atoms with Crippen LogP contribution in [-0.4, -0.2) is 24.8 Å². The minimum Gasteiger partial charge on any atom is -0.207 e. The van der Waals surface area contributed by atoms with E-state index >= 15 is 0 Å². The molecule has 0 spiro atoms. The molecule has 1 heterocycles. The van der Waals surface area contributed by atoms with Crippen LogP contribution in [0, 0.1) is 19.3 Å². The Labute approximate surface area is 131 Å². The molecule has 3 atom stereocenters. The fourth-order valence-corrected chi connectivity index (χ4v) is 4.37. The third-order valence-electron chi connectivity index (χ3n) is 3.93. The molecule has 0 amide bonds. The van der Waals surface area contributed by atoms with Crippen molar-refractivity contribution in [2.75, 3.05) is 0 Å². The third-order valence-corrected chi connectivity index (χ3v) is 5.85. The predicted octanol–water partition coefficient (Wildman–Crippen LogP) is 2.61. The summed E-state index contributed by atoms with van der Waals surface area (Å²) in [4.78, 5) is 0.300. The van der Waals surface area contributed by atoms with Crippen LogP contribution in [-0.2, 0) is 16.4 Å². The molecule has 22 heavy (non-hydrogen) atoms. The Hall–Kier alpha value is -2.09. The number of benzene rings is 2. The summed E-state index contributed by atoms with van der Waals surface area (Å²) in [6.45, 7) is 1.93. The number of rotatable bonds is 4. The first kappa shape index (κ1) is 14.8. The van der Waals surface area contributed by atoms with Crippen LogP contribution in [0.3, 0.4) is 0 Å². The molecule has 0 N–H and O–H groups in total. The van der Waals surface area contributed by atoms with Gasteiger partial charge >= 0.3 is 0 Å². The Morgan fingerprint density at radius 2 is 1.73 bits per heavy atom. The van der Waals surface area contributed by atoms with Gasteiger partial charge in [0.2, 0.25) is 10.0 Å². The lowest BCUT2D eigenvalue weighted by Crippen LogP contribution is -2.16. The topological polar surface area (TPSA) is 37.1 Å². The Bertz CT molecular complexity index is 804. The van der Waals surface area contributed by atoms with Crippen molar-refractivity contribution in [2.24, 2.45) is 0 Å². The van der Waals surface area contributed by atoms with Crippen molar-refractivity contribution in [3.05, 3.63) is 65.7 Å². The molecule has 2 aromatic rings. The Morgan fingerprint density at radius 3 is 2.32 bits per heavy atom. The van der Waals surface area contributed by atoms with Crippen LogP contribution in [0.4, 0.5) is 0 Å². The highest BCUT2D eigenvalue weighted by molar-refractivity contribution is 7.89. The molecule has 0 aromatic heterocycles. The molecule has 4 heteroatoms. The lowest BCUT2D eigenvalue weighted by molar-refractivity contribution is 0.549. The highest BCUT2D eigenvalue weighted by atomic mass is 32.2. The summed E-state index contributed by atoms with van der Waals surface area (Å²) in [5.74, 6) is 2.59. The Kier molecular flexibility index (Phi) is 3.78. The molecule has 0 aliphatic carbocycles. The number of nitrogens with zero attached hydrogens (tertiary/aromatic N) is 1. The summed E-state index contributed by atoms with van der Waals surface area (Å²) in [6, 6.07) is 16.2. The Balaban J connectivity index is 1.85. The molecule has 0 bridgehead atoms. The maximum absolute atomic E-state index is 12.7. The molecule has 0 radical (unpaired) electrons. The van der Waals surface area contributed by atoms with Crippen LogP contribution in [0.25, 0.3) is 0 Å². The van der Waals surface area contributed by atoms with Gasteiger partial charge in [-0.05, 0) is 31.0 Å². The van der Waals surface area contributed by atoms with Gasteiger partial charge in [0.15, 0.2) is 0 Å². The van der Waals surface area contributed by atoms with Crippen LogP contribution in [0.2, 0.25) is 0 Å². The number of terminal acetylenes is 1. The molecule has 1 saturated heterocycles. The third kappa shape index (κ3) is 2.66. The van der Waals surface area contributed by atoms with Gasteiger partial charge in [0.1, 0.15) is 6.04 Å². The number of aryl methyl sites for hydroxylation is 1. The van der Waals surface area contributed by atoms with Crippen molar-refractivity contribution < 1.29 is 8.42 Å². The highest BCUT2D eigenvalue weighted by Gasteiger charge is 2.54. The molecule has 3 rings (SSSR count). The zero-order valence-corrected chi connectivity index (χ0v) is 13.1. The van der Waals surface area contributed by atoms with Gasteiger partial charge < -0.3 is 0 Å². The van der Waals surface area contributed by atoms with Crippen molar-refractivity contribution >= 4 is 10.0 Å². The minimum atomic E-state index is -3.52. The second-order valence-electron chi connectivity index (χ2n) is 5.52. The average Bonchev–Trinajstić information content (AvgIpc) is 3.22. The van der Waals surface area contributed by atoms with E-state index in [-0.39, 0.29) is 12.1 Å². The maximum atomic E-state index is 12.7. The van der Waals surface area contributed by atoms with Gasteiger partial charge in [-0.2, -0.15) is 4.31 Å². The van der Waals surface area contributed by atoms with Crippen LogP contribution in [0.15, 0.2) is 59.5 Å². The number of sulfonamides is 1. The molecule has 2 aromatic carbocycles. The highest BCUT2D eigenvalue weighted by Crippen LogP contribution is 2.37. The molecule has 1 unspecified atom stereocenters. The van der Waals surface area contributed by atoms with E-state index in [1.807, 2.05) is 37.3 Å². The summed E-state index contributed by atoms with van der Waals surface area (Å²) in [6.07, 6.45) is 6.15. The van der Waals surface area contributed by atoms with Gasteiger partial charge in [0.25, 0.3) is 0 Å². The van der Waals surface area contributed by atoms with Gasteiger partial charge in [-0.1, -0.05) is 53.9 Å². The molecule has 0 saturated carbocycles. The summed E-state index contributed by atoms with van der Waals surface area (Å²) < 4.78 is 26.8. The zero-order valence-electron chi connectivity index (χ0n) is 12.3. The van der Waals surface area contributed by atoms with E-state index < -0.39 is 10.0 Å². The normalized spacial score (nSPS) is 23.7. The predicted molar refractivity (Wildman–Crippen MR) is 86.8 cm³/mol. The zero-order chi connectivity index (χ0) is 15.7. The summed E-state index contributed by atoms with van der Waals surface area (Å²) in [7, 11) is -3.52. The van der Waals surface area contributed by atoms with Crippen molar-refractivity contribution in [2.45, 2.75) is 30.3 Å².